The van der Waals surface area contributed by atoms with Gasteiger partial charge < -0.3 is 15.0 Å². The van der Waals surface area contributed by atoms with E-state index in [-0.39, 0.29) is 5.91 Å². The molecular formula is C22H21N5O2S. The fraction of sp³-hybridized carbons (Fsp3) is 0.227. The number of hydrogen-bond acceptors (Lipinski definition) is 6. The van der Waals surface area contributed by atoms with Crippen LogP contribution in [0.4, 0.5) is 10.7 Å². The van der Waals surface area contributed by atoms with Crippen LogP contribution in [-0.4, -0.2) is 47.4 Å². The molecule has 152 valence electrons. The standard InChI is InChI=1S/C22H21N5O2S/c1-14-17-11-16(13-23-20(17)26-25-14)24-21(28)19-12-18(15-5-3-2-4-6-15)22(30-19)27-7-9-29-10-8-27/h2-6,11-13H,7-10H2,1H3,(H,24,28)(H,23,25,26). The molecule has 1 amide bonds. The molecule has 2 N–H and O–H groups in total. The van der Waals surface area contributed by atoms with E-state index < -0.39 is 0 Å². The normalized spacial score (nSPS) is 14.2. The first-order valence-electron chi connectivity index (χ1n) is 9.83. The fourth-order valence-corrected chi connectivity index (χ4v) is 4.73. The molecule has 7 nitrogen and oxygen atoms in total. The van der Waals surface area contributed by atoms with Crippen molar-refractivity contribution in [3.63, 3.8) is 0 Å². The molecule has 0 bridgehead atoms. The number of nitrogens with zero attached hydrogens (tertiary/aromatic N) is 3. The van der Waals surface area contributed by atoms with Crippen molar-refractivity contribution in [1.82, 2.24) is 15.2 Å². The zero-order valence-electron chi connectivity index (χ0n) is 16.5. The number of thiophene rings is 1. The summed E-state index contributed by atoms with van der Waals surface area (Å²) in [7, 11) is 0. The van der Waals surface area contributed by atoms with Crippen molar-refractivity contribution in [2.45, 2.75) is 6.92 Å². The zero-order chi connectivity index (χ0) is 20.5. The number of carbonyl (C=O) groups is 1. The highest BCUT2D eigenvalue weighted by Crippen LogP contribution is 2.39. The highest BCUT2D eigenvalue weighted by molar-refractivity contribution is 7.18. The number of carbonyl (C=O) groups excluding carboxylic acids is 1. The predicted octanol–water partition coefficient (Wildman–Crippen LogP) is 4.08. The van der Waals surface area contributed by atoms with Crippen LogP contribution in [0.1, 0.15) is 15.4 Å². The minimum absolute atomic E-state index is 0.140. The number of pyridine rings is 1. The van der Waals surface area contributed by atoms with Crippen LogP contribution in [0.2, 0.25) is 0 Å². The Bertz CT molecular complexity index is 1190. The van der Waals surface area contributed by atoms with Gasteiger partial charge in [0.15, 0.2) is 5.65 Å². The summed E-state index contributed by atoms with van der Waals surface area (Å²) in [4.78, 5) is 20.3. The van der Waals surface area contributed by atoms with E-state index >= 15 is 0 Å². The van der Waals surface area contributed by atoms with Crippen molar-refractivity contribution < 1.29 is 9.53 Å². The number of morpholine rings is 1. The molecule has 4 heterocycles. The van der Waals surface area contributed by atoms with Gasteiger partial charge in [-0.25, -0.2) is 4.98 Å². The maximum absolute atomic E-state index is 13.1. The van der Waals surface area contributed by atoms with E-state index in [2.05, 4.69) is 37.5 Å². The monoisotopic (exact) mass is 419 g/mol. The SMILES string of the molecule is Cc1[nH]nc2ncc(NC(=O)c3cc(-c4ccccc4)c(N4CCOCC4)s3)cc12. The molecule has 1 saturated heterocycles. The summed E-state index contributed by atoms with van der Waals surface area (Å²) in [6.45, 7) is 4.97. The van der Waals surface area contributed by atoms with E-state index in [1.807, 2.05) is 37.3 Å². The molecule has 0 spiro atoms. The molecule has 8 heteroatoms. The lowest BCUT2D eigenvalue weighted by molar-refractivity contribution is 0.103. The molecule has 3 aromatic heterocycles. The van der Waals surface area contributed by atoms with E-state index in [4.69, 9.17) is 4.74 Å². The molecule has 1 fully saturated rings. The topological polar surface area (TPSA) is 83.1 Å². The smallest absolute Gasteiger partial charge is 0.265 e. The van der Waals surface area contributed by atoms with E-state index in [1.165, 1.54) is 11.3 Å². The van der Waals surface area contributed by atoms with Gasteiger partial charge in [0.2, 0.25) is 0 Å². The Labute approximate surface area is 177 Å². The summed E-state index contributed by atoms with van der Waals surface area (Å²) in [5.41, 5.74) is 4.39. The number of aromatic nitrogens is 3. The van der Waals surface area contributed by atoms with E-state index in [0.29, 0.717) is 29.4 Å². The second kappa shape index (κ2) is 7.89. The molecule has 4 aromatic rings. The molecule has 1 aromatic carbocycles. The van der Waals surface area contributed by atoms with Crippen LogP contribution in [-0.2, 0) is 4.74 Å². The van der Waals surface area contributed by atoms with Gasteiger partial charge in [-0.05, 0) is 24.6 Å². The van der Waals surface area contributed by atoms with Gasteiger partial charge in [-0.2, -0.15) is 5.10 Å². The van der Waals surface area contributed by atoms with Gasteiger partial charge in [0.25, 0.3) is 5.91 Å². The Morgan fingerprint density at radius 3 is 2.80 bits per heavy atom. The molecule has 0 saturated carbocycles. The first-order chi connectivity index (χ1) is 14.7. The fourth-order valence-electron chi connectivity index (χ4n) is 3.60. The summed E-state index contributed by atoms with van der Waals surface area (Å²) in [5.74, 6) is -0.140. The van der Waals surface area contributed by atoms with E-state index in [9.17, 15) is 4.79 Å². The molecule has 1 aliphatic rings. The van der Waals surface area contributed by atoms with Crippen LogP contribution in [0.5, 0.6) is 0 Å². The van der Waals surface area contributed by atoms with Gasteiger partial charge in [0.1, 0.15) is 0 Å². The van der Waals surface area contributed by atoms with Gasteiger partial charge in [-0.1, -0.05) is 30.3 Å². The van der Waals surface area contributed by atoms with E-state index in [1.54, 1.807) is 6.20 Å². The number of anilines is 2. The molecule has 0 radical (unpaired) electrons. The molecule has 0 unspecified atom stereocenters. The Morgan fingerprint density at radius 1 is 1.20 bits per heavy atom. The maximum atomic E-state index is 13.1. The number of amides is 1. The van der Waals surface area contributed by atoms with Crippen molar-refractivity contribution in [3.8, 4) is 11.1 Å². The number of aryl methyl sites for hydroxylation is 1. The number of fused-ring (bicyclic) bond motifs is 1. The third-order valence-electron chi connectivity index (χ3n) is 5.18. The molecular weight excluding hydrogens is 398 g/mol. The number of nitrogens with one attached hydrogen (secondary N) is 2. The number of ether oxygens (including phenoxy) is 1. The minimum atomic E-state index is -0.140. The lowest BCUT2D eigenvalue weighted by atomic mass is 10.1. The van der Waals surface area contributed by atoms with Crippen molar-refractivity contribution >= 4 is 39.0 Å². The number of hydrogen-bond donors (Lipinski definition) is 2. The van der Waals surface area contributed by atoms with Crippen molar-refractivity contribution in [1.29, 1.82) is 0 Å². The Hall–Kier alpha value is -3.23. The predicted molar refractivity (Wildman–Crippen MR) is 119 cm³/mol. The molecule has 30 heavy (non-hydrogen) atoms. The van der Waals surface area contributed by atoms with Crippen LogP contribution in [0.15, 0.2) is 48.7 Å². The van der Waals surface area contributed by atoms with E-state index in [0.717, 1.165) is 40.3 Å². The number of rotatable bonds is 4. The van der Waals surface area contributed by atoms with Gasteiger partial charge in [0.05, 0.1) is 35.0 Å². The quantitative estimate of drug-likeness (QED) is 0.521. The highest BCUT2D eigenvalue weighted by Gasteiger charge is 2.22. The van der Waals surface area contributed by atoms with Crippen LogP contribution < -0.4 is 10.2 Å². The van der Waals surface area contributed by atoms with Gasteiger partial charge in [0, 0.05) is 29.7 Å². The van der Waals surface area contributed by atoms with Crippen molar-refractivity contribution in [2.75, 3.05) is 36.5 Å². The summed E-state index contributed by atoms with van der Waals surface area (Å²) in [6, 6.07) is 14.1. The Balaban J connectivity index is 1.47. The van der Waals surface area contributed by atoms with Crippen LogP contribution >= 0.6 is 11.3 Å². The zero-order valence-corrected chi connectivity index (χ0v) is 17.3. The Kier molecular flexibility index (Phi) is 4.94. The second-order valence-corrected chi connectivity index (χ2v) is 8.22. The average molecular weight is 420 g/mol. The molecule has 0 aliphatic carbocycles. The van der Waals surface area contributed by atoms with Crippen molar-refractivity contribution in [3.05, 3.63) is 59.2 Å². The highest BCUT2D eigenvalue weighted by atomic mass is 32.1. The third-order valence-corrected chi connectivity index (χ3v) is 6.37. The van der Waals surface area contributed by atoms with Gasteiger partial charge in [-0.15, -0.1) is 11.3 Å². The summed E-state index contributed by atoms with van der Waals surface area (Å²) >= 11 is 1.52. The molecule has 1 aliphatic heterocycles. The molecule has 5 rings (SSSR count). The average Bonchev–Trinajstić information content (AvgIpc) is 3.40. The van der Waals surface area contributed by atoms with Crippen molar-refractivity contribution in [2.24, 2.45) is 0 Å². The lowest BCUT2D eigenvalue weighted by Crippen LogP contribution is -2.35. The van der Waals surface area contributed by atoms with Gasteiger partial charge in [-0.3, -0.25) is 9.89 Å². The first kappa shape index (κ1) is 18.8. The van der Waals surface area contributed by atoms with Crippen LogP contribution in [0.3, 0.4) is 0 Å². The largest absolute Gasteiger partial charge is 0.378 e. The maximum Gasteiger partial charge on any atom is 0.265 e. The first-order valence-corrected chi connectivity index (χ1v) is 10.6. The molecule has 0 atom stereocenters. The number of H-pyrrole nitrogens is 1. The summed E-state index contributed by atoms with van der Waals surface area (Å²) in [5, 5.41) is 12.0. The van der Waals surface area contributed by atoms with Crippen LogP contribution in [0, 0.1) is 6.92 Å². The summed E-state index contributed by atoms with van der Waals surface area (Å²) < 4.78 is 5.51. The van der Waals surface area contributed by atoms with Gasteiger partial charge >= 0.3 is 0 Å². The number of benzene rings is 1. The minimum Gasteiger partial charge on any atom is -0.378 e. The summed E-state index contributed by atoms with van der Waals surface area (Å²) in [6.07, 6.45) is 1.63. The third kappa shape index (κ3) is 3.55. The Morgan fingerprint density at radius 2 is 2.00 bits per heavy atom. The lowest BCUT2D eigenvalue weighted by Gasteiger charge is -2.28. The second-order valence-electron chi connectivity index (χ2n) is 7.19. The van der Waals surface area contributed by atoms with Crippen LogP contribution in [0.25, 0.3) is 22.2 Å². The number of aromatic amines is 1.